The van der Waals surface area contributed by atoms with Gasteiger partial charge in [0.15, 0.2) is 0 Å². The zero-order valence-corrected chi connectivity index (χ0v) is 16.6. The lowest BCUT2D eigenvalue weighted by molar-refractivity contribution is -0.140. The van der Waals surface area contributed by atoms with Gasteiger partial charge in [0, 0.05) is 17.0 Å². The van der Waals surface area contributed by atoms with Gasteiger partial charge in [-0.1, -0.05) is 48.5 Å². The zero-order valence-electron chi connectivity index (χ0n) is 15.7. The third kappa shape index (κ3) is 3.54. The van der Waals surface area contributed by atoms with Gasteiger partial charge in [-0.3, -0.25) is 9.59 Å². The zero-order chi connectivity index (χ0) is 20.4. The van der Waals surface area contributed by atoms with E-state index in [4.69, 9.17) is 4.74 Å². The first kappa shape index (κ1) is 19.0. The van der Waals surface area contributed by atoms with Gasteiger partial charge >= 0.3 is 0 Å². The van der Waals surface area contributed by atoms with Gasteiger partial charge in [-0.25, -0.2) is 0 Å². The highest BCUT2D eigenvalue weighted by atomic mass is 32.1. The quantitative estimate of drug-likeness (QED) is 0.389. The molecule has 1 atom stereocenters. The number of carbonyl (C=O) groups is 2. The van der Waals surface area contributed by atoms with Gasteiger partial charge in [0.25, 0.3) is 11.7 Å². The van der Waals surface area contributed by atoms with Crippen LogP contribution in [-0.4, -0.2) is 28.8 Å². The number of hydrogen-bond acceptors (Lipinski definition) is 5. The third-order valence-electron chi connectivity index (χ3n) is 4.91. The number of likely N-dealkylation sites (tertiary alicyclic amines) is 1. The average molecular weight is 405 g/mol. The number of Topliss-reactive ketones (excluding diaryl/α,β-unsaturated/α-hetero) is 1. The normalized spacial score (nSPS) is 18.2. The Labute approximate surface area is 172 Å². The largest absolute Gasteiger partial charge is 0.507 e. The van der Waals surface area contributed by atoms with Crippen LogP contribution in [0.5, 0.6) is 5.75 Å². The van der Waals surface area contributed by atoms with Gasteiger partial charge in [-0.2, -0.15) is 0 Å². The number of amides is 1. The standard InChI is InChI=1S/C23H19NO4S/c1-28-17-11-9-15(10-12-17)14-24-20(18-8-5-13-29-18)19(22(26)23(24)27)21(25)16-6-3-2-4-7-16/h2-13,20,25H,14H2,1H3/b21-19-. The van der Waals surface area contributed by atoms with Crippen LogP contribution in [0.4, 0.5) is 0 Å². The SMILES string of the molecule is COc1ccc(CN2C(=O)C(=O)/C(=C(\O)c3ccccc3)C2c2cccs2)cc1. The van der Waals surface area contributed by atoms with Gasteiger partial charge in [0.2, 0.25) is 0 Å². The number of ether oxygens (including phenoxy) is 1. The average Bonchev–Trinajstić information content (AvgIpc) is 3.37. The van der Waals surface area contributed by atoms with Crippen molar-refractivity contribution in [1.82, 2.24) is 4.90 Å². The van der Waals surface area contributed by atoms with Gasteiger partial charge in [0.1, 0.15) is 11.5 Å². The Morgan fingerprint density at radius 3 is 2.38 bits per heavy atom. The fourth-order valence-electron chi connectivity index (χ4n) is 3.46. The molecule has 0 bridgehead atoms. The van der Waals surface area contributed by atoms with Gasteiger partial charge in [-0.15, -0.1) is 11.3 Å². The second-order valence-electron chi connectivity index (χ2n) is 6.66. The van der Waals surface area contributed by atoms with Crippen molar-refractivity contribution in [2.24, 2.45) is 0 Å². The highest BCUT2D eigenvalue weighted by molar-refractivity contribution is 7.10. The van der Waals surface area contributed by atoms with Crippen molar-refractivity contribution in [3.8, 4) is 5.75 Å². The van der Waals surface area contributed by atoms with Crippen molar-refractivity contribution in [3.05, 3.63) is 93.7 Å². The maximum absolute atomic E-state index is 12.9. The summed E-state index contributed by atoms with van der Waals surface area (Å²) in [6.07, 6.45) is 0. The van der Waals surface area contributed by atoms with Crippen LogP contribution in [0.3, 0.4) is 0 Å². The maximum Gasteiger partial charge on any atom is 0.295 e. The number of thiophene rings is 1. The predicted octanol–water partition coefficient (Wildman–Crippen LogP) is 4.38. The summed E-state index contributed by atoms with van der Waals surface area (Å²) in [5.74, 6) is -0.718. The highest BCUT2D eigenvalue weighted by Crippen LogP contribution is 2.41. The highest BCUT2D eigenvalue weighted by Gasteiger charge is 2.46. The summed E-state index contributed by atoms with van der Waals surface area (Å²) in [7, 11) is 1.59. The second-order valence-corrected chi connectivity index (χ2v) is 7.64. The van der Waals surface area contributed by atoms with Crippen molar-refractivity contribution in [1.29, 1.82) is 0 Å². The van der Waals surface area contributed by atoms with Crippen molar-refractivity contribution in [3.63, 3.8) is 0 Å². The molecule has 3 aromatic rings. The van der Waals surface area contributed by atoms with E-state index in [1.165, 1.54) is 16.2 Å². The van der Waals surface area contributed by atoms with Gasteiger partial charge < -0.3 is 14.7 Å². The Kier molecular flexibility index (Phi) is 5.18. The molecule has 0 spiro atoms. The Bertz CT molecular complexity index is 1060. The van der Waals surface area contributed by atoms with Crippen molar-refractivity contribution < 1.29 is 19.4 Å². The molecular formula is C23H19NO4S. The predicted molar refractivity (Wildman–Crippen MR) is 112 cm³/mol. The molecule has 1 saturated heterocycles. The monoisotopic (exact) mass is 405 g/mol. The van der Waals surface area contributed by atoms with Crippen molar-refractivity contribution in [2.75, 3.05) is 7.11 Å². The van der Waals surface area contributed by atoms with Crippen LogP contribution in [0.25, 0.3) is 5.76 Å². The molecule has 2 heterocycles. The van der Waals surface area contributed by atoms with E-state index in [0.717, 1.165) is 16.2 Å². The smallest absolute Gasteiger partial charge is 0.295 e. The van der Waals surface area contributed by atoms with Crippen molar-refractivity contribution >= 4 is 28.8 Å². The number of aliphatic hydroxyl groups is 1. The Morgan fingerprint density at radius 2 is 1.76 bits per heavy atom. The number of methoxy groups -OCH3 is 1. The van der Waals surface area contributed by atoms with E-state index in [2.05, 4.69) is 0 Å². The molecule has 1 aliphatic rings. The molecule has 5 nitrogen and oxygen atoms in total. The van der Waals surface area contributed by atoms with Crippen LogP contribution in [-0.2, 0) is 16.1 Å². The van der Waals surface area contributed by atoms with Crippen LogP contribution in [0, 0.1) is 0 Å². The molecule has 1 amide bonds. The fraction of sp³-hybridized carbons (Fsp3) is 0.130. The second kappa shape index (κ2) is 7.93. The number of carbonyl (C=O) groups excluding carboxylic acids is 2. The lowest BCUT2D eigenvalue weighted by atomic mass is 10.00. The van der Waals surface area contributed by atoms with Crippen LogP contribution >= 0.6 is 11.3 Å². The van der Waals surface area contributed by atoms with Gasteiger partial charge in [0.05, 0.1) is 18.7 Å². The molecular weight excluding hydrogens is 386 g/mol. The summed E-state index contributed by atoms with van der Waals surface area (Å²) in [6.45, 7) is 0.253. The Morgan fingerprint density at radius 1 is 1.03 bits per heavy atom. The summed E-state index contributed by atoms with van der Waals surface area (Å²) in [6, 6.07) is 19.3. The molecule has 1 N–H and O–H groups in total. The first-order valence-electron chi connectivity index (χ1n) is 9.10. The molecule has 0 saturated carbocycles. The summed E-state index contributed by atoms with van der Waals surface area (Å²) < 4.78 is 5.18. The number of aliphatic hydroxyl groups excluding tert-OH is 1. The molecule has 1 fully saturated rings. The van der Waals surface area contributed by atoms with Crippen LogP contribution in [0.1, 0.15) is 22.0 Å². The molecule has 29 heavy (non-hydrogen) atoms. The Hall–Kier alpha value is -3.38. The number of benzene rings is 2. The van der Waals surface area contributed by atoms with Gasteiger partial charge in [-0.05, 0) is 29.1 Å². The first-order valence-corrected chi connectivity index (χ1v) is 9.98. The van der Waals surface area contributed by atoms with E-state index in [-0.39, 0.29) is 17.9 Å². The molecule has 2 aromatic carbocycles. The first-order chi connectivity index (χ1) is 14.1. The van der Waals surface area contributed by atoms with E-state index in [9.17, 15) is 14.7 Å². The van der Waals surface area contributed by atoms with E-state index < -0.39 is 17.7 Å². The van der Waals surface area contributed by atoms with E-state index in [1.54, 1.807) is 31.4 Å². The molecule has 0 radical (unpaired) electrons. The van der Waals surface area contributed by atoms with Crippen LogP contribution in [0.2, 0.25) is 0 Å². The summed E-state index contributed by atoms with van der Waals surface area (Å²) >= 11 is 1.45. The Balaban J connectivity index is 1.78. The molecule has 1 aromatic heterocycles. The van der Waals surface area contributed by atoms with E-state index in [1.807, 2.05) is 47.8 Å². The molecule has 1 unspecified atom stereocenters. The lowest BCUT2D eigenvalue weighted by Crippen LogP contribution is -2.28. The number of rotatable bonds is 5. The summed E-state index contributed by atoms with van der Waals surface area (Å²) in [4.78, 5) is 28.1. The van der Waals surface area contributed by atoms with E-state index >= 15 is 0 Å². The van der Waals surface area contributed by atoms with Crippen LogP contribution in [0.15, 0.2) is 77.7 Å². The van der Waals surface area contributed by atoms with E-state index in [0.29, 0.717) is 5.56 Å². The number of nitrogens with zero attached hydrogens (tertiary/aromatic N) is 1. The molecule has 1 aliphatic heterocycles. The fourth-order valence-corrected chi connectivity index (χ4v) is 4.31. The number of hydrogen-bond donors (Lipinski definition) is 1. The maximum atomic E-state index is 12.9. The minimum Gasteiger partial charge on any atom is -0.507 e. The molecule has 6 heteroatoms. The van der Waals surface area contributed by atoms with Crippen LogP contribution < -0.4 is 4.74 Å². The molecule has 0 aliphatic carbocycles. The summed E-state index contributed by atoms with van der Waals surface area (Å²) in [5.41, 5.74) is 1.50. The topological polar surface area (TPSA) is 66.8 Å². The third-order valence-corrected chi connectivity index (χ3v) is 5.84. The minimum atomic E-state index is -0.668. The minimum absolute atomic E-state index is 0.122. The lowest BCUT2D eigenvalue weighted by Gasteiger charge is -2.24. The molecule has 4 rings (SSSR count). The molecule has 146 valence electrons. The number of ketones is 1. The van der Waals surface area contributed by atoms with Crippen molar-refractivity contribution in [2.45, 2.75) is 12.6 Å². The summed E-state index contributed by atoms with van der Waals surface area (Å²) in [5, 5.41) is 12.8.